The highest BCUT2D eigenvalue weighted by Gasteiger charge is 2.09. The van der Waals surface area contributed by atoms with E-state index < -0.39 is 0 Å². The van der Waals surface area contributed by atoms with Crippen molar-refractivity contribution in [3.8, 4) is 6.07 Å². The fourth-order valence-electron chi connectivity index (χ4n) is 1.77. The van der Waals surface area contributed by atoms with Crippen LogP contribution in [0.5, 0.6) is 0 Å². The van der Waals surface area contributed by atoms with Gasteiger partial charge in [-0.3, -0.25) is 0 Å². The van der Waals surface area contributed by atoms with Crippen molar-refractivity contribution >= 4 is 5.57 Å². The molecule has 0 atom stereocenters. The zero-order valence-electron chi connectivity index (χ0n) is 9.67. The summed E-state index contributed by atoms with van der Waals surface area (Å²) < 4.78 is 2.02. The summed E-state index contributed by atoms with van der Waals surface area (Å²) in [4.78, 5) is 4.33. The summed E-state index contributed by atoms with van der Waals surface area (Å²) in [6.07, 6.45) is 5.22. The number of rotatable bonds is 3. The largest absolute Gasteiger partial charge is 0.331 e. The van der Waals surface area contributed by atoms with Gasteiger partial charge < -0.3 is 4.57 Å². The molecule has 2 rings (SSSR count). The Balaban J connectivity index is 2.52. The fraction of sp³-hybridized carbons (Fsp3) is 0.143. The molecule has 3 nitrogen and oxygen atoms in total. The molecule has 0 N–H and O–H groups in total. The van der Waals surface area contributed by atoms with Crippen LogP contribution in [0.2, 0.25) is 0 Å². The minimum absolute atomic E-state index is 0.834. The lowest BCUT2D eigenvalue weighted by molar-refractivity contribution is 0.749. The van der Waals surface area contributed by atoms with Gasteiger partial charge in [-0.15, -0.1) is 0 Å². The summed E-state index contributed by atoms with van der Waals surface area (Å²) in [5, 5.41) is 8.90. The first-order valence-corrected chi connectivity index (χ1v) is 5.53. The lowest BCUT2D eigenvalue weighted by Crippen LogP contribution is -2.01. The quantitative estimate of drug-likeness (QED) is 0.751. The van der Waals surface area contributed by atoms with Crippen molar-refractivity contribution in [3.63, 3.8) is 0 Å². The Kier molecular flexibility index (Phi) is 3.37. The first-order chi connectivity index (χ1) is 8.36. The monoisotopic (exact) mass is 223 g/mol. The lowest BCUT2D eigenvalue weighted by Gasteiger charge is -2.08. The fourth-order valence-corrected chi connectivity index (χ4v) is 1.77. The molecule has 0 spiro atoms. The normalized spacial score (nSPS) is 11.2. The van der Waals surface area contributed by atoms with Crippen molar-refractivity contribution in [2.24, 2.45) is 0 Å². The zero-order chi connectivity index (χ0) is 12.1. The average Bonchev–Trinajstić information content (AvgIpc) is 2.85. The van der Waals surface area contributed by atoms with Gasteiger partial charge in [0.2, 0.25) is 0 Å². The molecule has 0 aliphatic rings. The minimum atomic E-state index is 0.834. The van der Waals surface area contributed by atoms with E-state index in [-0.39, 0.29) is 0 Å². The van der Waals surface area contributed by atoms with Gasteiger partial charge in [-0.05, 0) is 12.5 Å². The van der Waals surface area contributed by atoms with Crippen LogP contribution in [0.1, 0.15) is 18.3 Å². The summed E-state index contributed by atoms with van der Waals surface area (Å²) in [6, 6.07) is 11.9. The number of allylic oxidation sites excluding steroid dienone is 1. The van der Waals surface area contributed by atoms with E-state index in [2.05, 4.69) is 18.0 Å². The SMILES string of the molecule is CCn1ccnc1/C(=C/C#N)c1ccccc1. The van der Waals surface area contributed by atoms with E-state index in [4.69, 9.17) is 5.26 Å². The minimum Gasteiger partial charge on any atom is -0.331 e. The number of hydrogen-bond acceptors (Lipinski definition) is 2. The summed E-state index contributed by atoms with van der Waals surface area (Å²) in [5.74, 6) is 0.834. The molecule has 84 valence electrons. The van der Waals surface area contributed by atoms with Crippen LogP contribution < -0.4 is 0 Å². The molecule has 1 aromatic carbocycles. The molecule has 0 amide bonds. The number of imidazole rings is 1. The van der Waals surface area contributed by atoms with Crippen molar-refractivity contribution in [1.29, 1.82) is 5.26 Å². The number of hydrogen-bond donors (Lipinski definition) is 0. The van der Waals surface area contributed by atoms with Crippen molar-refractivity contribution in [1.82, 2.24) is 9.55 Å². The van der Waals surface area contributed by atoms with Gasteiger partial charge in [0.1, 0.15) is 5.82 Å². The molecule has 0 saturated carbocycles. The number of aromatic nitrogens is 2. The maximum absolute atomic E-state index is 8.90. The molecule has 0 bridgehead atoms. The van der Waals surface area contributed by atoms with Crippen molar-refractivity contribution in [2.75, 3.05) is 0 Å². The Bertz CT molecular complexity index is 559. The summed E-state index contributed by atoms with van der Waals surface area (Å²) in [6.45, 7) is 2.89. The van der Waals surface area contributed by atoms with E-state index in [1.807, 2.05) is 41.1 Å². The van der Waals surface area contributed by atoms with Crippen LogP contribution in [0, 0.1) is 11.3 Å². The summed E-state index contributed by atoms with van der Waals surface area (Å²) >= 11 is 0. The van der Waals surface area contributed by atoms with Gasteiger partial charge in [0.15, 0.2) is 0 Å². The van der Waals surface area contributed by atoms with E-state index in [0.29, 0.717) is 0 Å². The molecule has 17 heavy (non-hydrogen) atoms. The van der Waals surface area contributed by atoms with E-state index in [0.717, 1.165) is 23.5 Å². The van der Waals surface area contributed by atoms with Crippen LogP contribution in [-0.2, 0) is 6.54 Å². The highest BCUT2D eigenvalue weighted by atomic mass is 15.1. The molecule has 0 aliphatic carbocycles. The highest BCUT2D eigenvalue weighted by Crippen LogP contribution is 2.21. The Morgan fingerprint density at radius 2 is 2.18 bits per heavy atom. The van der Waals surface area contributed by atoms with Crippen LogP contribution >= 0.6 is 0 Å². The summed E-state index contributed by atoms with van der Waals surface area (Å²) in [5.41, 5.74) is 1.87. The van der Waals surface area contributed by atoms with E-state index in [1.165, 1.54) is 0 Å². The van der Waals surface area contributed by atoms with Crippen molar-refractivity contribution in [3.05, 3.63) is 60.2 Å². The third kappa shape index (κ3) is 2.26. The van der Waals surface area contributed by atoms with E-state index in [1.54, 1.807) is 12.3 Å². The molecule has 1 heterocycles. The maximum atomic E-state index is 8.90. The average molecular weight is 223 g/mol. The van der Waals surface area contributed by atoms with E-state index >= 15 is 0 Å². The molecular weight excluding hydrogens is 210 g/mol. The number of nitrogens with zero attached hydrogens (tertiary/aromatic N) is 3. The third-order valence-electron chi connectivity index (χ3n) is 2.59. The van der Waals surface area contributed by atoms with Crippen molar-refractivity contribution < 1.29 is 0 Å². The molecule has 0 unspecified atom stereocenters. The smallest absolute Gasteiger partial charge is 0.141 e. The number of benzene rings is 1. The van der Waals surface area contributed by atoms with Gasteiger partial charge in [0, 0.05) is 30.6 Å². The standard InChI is InChI=1S/C14H13N3/c1-2-17-11-10-16-14(17)13(8-9-15)12-6-4-3-5-7-12/h3-8,10-11H,2H2,1H3/b13-8+. The van der Waals surface area contributed by atoms with Crippen LogP contribution in [0.25, 0.3) is 5.57 Å². The second kappa shape index (κ2) is 5.13. The van der Waals surface area contributed by atoms with Gasteiger partial charge >= 0.3 is 0 Å². The van der Waals surface area contributed by atoms with Gasteiger partial charge in [-0.2, -0.15) is 5.26 Å². The van der Waals surface area contributed by atoms with Crippen LogP contribution in [-0.4, -0.2) is 9.55 Å². The molecule has 1 aromatic heterocycles. The zero-order valence-corrected chi connectivity index (χ0v) is 9.67. The molecular formula is C14H13N3. The van der Waals surface area contributed by atoms with Gasteiger partial charge in [0.25, 0.3) is 0 Å². The highest BCUT2D eigenvalue weighted by molar-refractivity contribution is 5.77. The number of aryl methyl sites for hydroxylation is 1. The molecule has 3 heteroatoms. The van der Waals surface area contributed by atoms with Crippen molar-refractivity contribution in [2.45, 2.75) is 13.5 Å². The van der Waals surface area contributed by atoms with Crippen LogP contribution in [0.4, 0.5) is 0 Å². The Morgan fingerprint density at radius 1 is 1.41 bits per heavy atom. The van der Waals surface area contributed by atoms with E-state index in [9.17, 15) is 0 Å². The molecule has 2 aromatic rings. The Morgan fingerprint density at radius 3 is 2.82 bits per heavy atom. The maximum Gasteiger partial charge on any atom is 0.141 e. The second-order valence-electron chi connectivity index (χ2n) is 3.59. The number of nitriles is 1. The first kappa shape index (κ1) is 11.2. The molecule has 0 aliphatic heterocycles. The predicted octanol–water partition coefficient (Wildman–Crippen LogP) is 2.86. The topological polar surface area (TPSA) is 41.6 Å². The molecule has 0 saturated heterocycles. The predicted molar refractivity (Wildman–Crippen MR) is 67.0 cm³/mol. The molecule has 0 radical (unpaired) electrons. The van der Waals surface area contributed by atoms with Crippen LogP contribution in [0.15, 0.2) is 48.8 Å². The van der Waals surface area contributed by atoms with Gasteiger partial charge in [0.05, 0.1) is 6.07 Å². The second-order valence-corrected chi connectivity index (χ2v) is 3.59. The lowest BCUT2D eigenvalue weighted by atomic mass is 10.1. The van der Waals surface area contributed by atoms with Crippen LogP contribution in [0.3, 0.4) is 0 Å². The van der Waals surface area contributed by atoms with Gasteiger partial charge in [-0.1, -0.05) is 30.3 Å². The Hall–Kier alpha value is -2.34. The van der Waals surface area contributed by atoms with Gasteiger partial charge in [-0.25, -0.2) is 4.98 Å². The molecule has 0 fully saturated rings. The summed E-state index contributed by atoms with van der Waals surface area (Å²) in [7, 11) is 0. The Labute approximate surface area is 101 Å². The first-order valence-electron chi connectivity index (χ1n) is 5.53. The third-order valence-corrected chi connectivity index (χ3v) is 2.59.